The van der Waals surface area contributed by atoms with Crippen LogP contribution in [-0.4, -0.2) is 55.4 Å². The van der Waals surface area contributed by atoms with Crippen molar-refractivity contribution < 1.29 is 14.6 Å². The van der Waals surface area contributed by atoms with Gasteiger partial charge in [-0.25, -0.2) is 4.79 Å². The van der Waals surface area contributed by atoms with Crippen molar-refractivity contribution in [3.63, 3.8) is 0 Å². The number of hydrogen-bond donors (Lipinski definition) is 2. The van der Waals surface area contributed by atoms with Gasteiger partial charge in [0.05, 0.1) is 18.3 Å². The number of hydrogen-bond acceptors (Lipinski definition) is 4. The Morgan fingerprint density at radius 3 is 2.79 bits per heavy atom. The van der Waals surface area contributed by atoms with Gasteiger partial charge < -0.3 is 15.2 Å². The Balaban J connectivity index is 1.83. The van der Waals surface area contributed by atoms with Crippen LogP contribution in [0.2, 0.25) is 0 Å². The highest BCUT2D eigenvalue weighted by Gasteiger charge is 2.15. The third kappa shape index (κ3) is 4.31. The molecule has 0 saturated carbocycles. The molecule has 1 saturated heterocycles. The predicted molar refractivity (Wildman–Crippen MR) is 72.3 cm³/mol. The molecule has 5 nitrogen and oxygen atoms in total. The van der Waals surface area contributed by atoms with Crippen LogP contribution in [0.1, 0.15) is 15.9 Å². The molecule has 1 aromatic carbocycles. The summed E-state index contributed by atoms with van der Waals surface area (Å²) in [6.07, 6.45) is 0.233. The molecule has 1 aromatic rings. The third-order valence-corrected chi connectivity index (χ3v) is 3.17. The highest BCUT2D eigenvalue weighted by molar-refractivity contribution is 5.87. The van der Waals surface area contributed by atoms with Crippen LogP contribution < -0.4 is 5.32 Å². The van der Waals surface area contributed by atoms with Gasteiger partial charge in [0, 0.05) is 26.2 Å². The maximum absolute atomic E-state index is 10.8. The molecule has 104 valence electrons. The lowest BCUT2D eigenvalue weighted by atomic mass is 10.1. The molecule has 1 heterocycles. The molecule has 2 rings (SSSR count). The number of morpholine rings is 1. The summed E-state index contributed by atoms with van der Waals surface area (Å²) in [5.41, 5.74) is 1.43. The van der Waals surface area contributed by atoms with Crippen LogP contribution in [0.25, 0.3) is 0 Å². The van der Waals surface area contributed by atoms with Gasteiger partial charge in [-0.3, -0.25) is 4.90 Å². The fraction of sp³-hybridized carbons (Fsp3) is 0.500. The van der Waals surface area contributed by atoms with E-state index in [2.05, 4.69) is 10.2 Å². The Bertz CT molecular complexity index is 413. The van der Waals surface area contributed by atoms with Gasteiger partial charge in [-0.1, -0.05) is 12.1 Å². The lowest BCUT2D eigenvalue weighted by molar-refractivity contribution is 0.00885. The number of ether oxygens (including phenoxy) is 1. The Kier molecular flexibility index (Phi) is 4.90. The van der Waals surface area contributed by atoms with Crippen LogP contribution in [0.4, 0.5) is 0 Å². The Labute approximate surface area is 113 Å². The van der Waals surface area contributed by atoms with Crippen LogP contribution in [-0.2, 0) is 11.3 Å². The third-order valence-electron chi connectivity index (χ3n) is 3.17. The van der Waals surface area contributed by atoms with Gasteiger partial charge in [0.15, 0.2) is 0 Å². The van der Waals surface area contributed by atoms with Crippen LogP contribution in [0.15, 0.2) is 24.3 Å². The van der Waals surface area contributed by atoms with E-state index >= 15 is 0 Å². The van der Waals surface area contributed by atoms with Gasteiger partial charge in [0.25, 0.3) is 0 Å². The number of carbonyl (C=O) groups is 1. The van der Waals surface area contributed by atoms with Gasteiger partial charge >= 0.3 is 5.97 Å². The second-order valence-corrected chi connectivity index (χ2v) is 4.90. The van der Waals surface area contributed by atoms with E-state index in [1.807, 2.05) is 19.2 Å². The molecule has 5 heteroatoms. The molecular weight excluding hydrogens is 244 g/mol. The highest BCUT2D eigenvalue weighted by Crippen LogP contribution is 2.08. The first-order valence-electron chi connectivity index (χ1n) is 6.48. The molecule has 1 atom stereocenters. The maximum Gasteiger partial charge on any atom is 0.335 e. The van der Waals surface area contributed by atoms with E-state index in [0.29, 0.717) is 5.56 Å². The van der Waals surface area contributed by atoms with Gasteiger partial charge in [-0.05, 0) is 24.7 Å². The number of nitrogens with zero attached hydrogens (tertiary/aromatic N) is 1. The molecule has 1 aliphatic heterocycles. The zero-order valence-electron chi connectivity index (χ0n) is 11.1. The number of carboxylic acid groups (broad SMARTS) is 1. The zero-order chi connectivity index (χ0) is 13.7. The first-order valence-corrected chi connectivity index (χ1v) is 6.48. The Hall–Kier alpha value is -1.43. The first kappa shape index (κ1) is 14.0. The van der Waals surface area contributed by atoms with Crippen molar-refractivity contribution in [3.8, 4) is 0 Å². The van der Waals surface area contributed by atoms with Gasteiger partial charge in [-0.2, -0.15) is 0 Å². The Morgan fingerprint density at radius 2 is 2.21 bits per heavy atom. The van der Waals surface area contributed by atoms with Crippen LogP contribution in [0.5, 0.6) is 0 Å². The summed E-state index contributed by atoms with van der Waals surface area (Å²) >= 11 is 0. The monoisotopic (exact) mass is 264 g/mol. The van der Waals surface area contributed by atoms with Gasteiger partial charge in [0.1, 0.15) is 0 Å². The maximum atomic E-state index is 10.8. The molecule has 0 aliphatic carbocycles. The van der Waals surface area contributed by atoms with Crippen molar-refractivity contribution in [2.24, 2.45) is 0 Å². The summed E-state index contributed by atoms with van der Waals surface area (Å²) < 4.78 is 5.65. The van der Waals surface area contributed by atoms with Crippen LogP contribution in [0.3, 0.4) is 0 Å². The van der Waals surface area contributed by atoms with E-state index < -0.39 is 5.97 Å². The summed E-state index contributed by atoms with van der Waals surface area (Å²) in [5, 5.41) is 12.1. The second kappa shape index (κ2) is 6.65. The quantitative estimate of drug-likeness (QED) is 0.824. The smallest absolute Gasteiger partial charge is 0.335 e. The largest absolute Gasteiger partial charge is 0.478 e. The molecule has 1 fully saturated rings. The summed E-state index contributed by atoms with van der Waals surface area (Å²) in [5.74, 6) is -0.887. The molecule has 1 aliphatic rings. The first-order chi connectivity index (χ1) is 9.15. The summed E-state index contributed by atoms with van der Waals surface area (Å²) in [7, 11) is 2.04. The van der Waals surface area contributed by atoms with E-state index in [1.165, 1.54) is 0 Å². The molecule has 19 heavy (non-hydrogen) atoms. The number of rotatable bonds is 5. The van der Waals surface area contributed by atoms with Crippen molar-refractivity contribution in [2.75, 3.05) is 33.3 Å². The van der Waals surface area contributed by atoms with Crippen molar-refractivity contribution in [2.45, 2.75) is 12.6 Å². The fourth-order valence-corrected chi connectivity index (χ4v) is 2.21. The number of benzene rings is 1. The van der Waals surface area contributed by atoms with E-state index in [9.17, 15) is 4.79 Å². The average Bonchev–Trinajstić information content (AvgIpc) is 2.40. The van der Waals surface area contributed by atoms with E-state index in [0.717, 1.165) is 38.3 Å². The number of carboxylic acids is 1. The molecule has 0 amide bonds. The zero-order valence-corrected chi connectivity index (χ0v) is 11.1. The molecule has 1 unspecified atom stereocenters. The topological polar surface area (TPSA) is 61.8 Å². The number of aromatic carboxylic acids is 1. The summed E-state index contributed by atoms with van der Waals surface area (Å²) in [4.78, 5) is 13.0. The minimum atomic E-state index is -0.887. The molecule has 0 bridgehead atoms. The lowest BCUT2D eigenvalue weighted by Gasteiger charge is -2.28. The molecule has 0 spiro atoms. The minimum Gasteiger partial charge on any atom is -0.478 e. The molecule has 0 aromatic heterocycles. The number of nitrogens with one attached hydrogen (secondary N) is 1. The van der Waals surface area contributed by atoms with Crippen molar-refractivity contribution >= 4 is 5.97 Å². The Morgan fingerprint density at radius 1 is 1.47 bits per heavy atom. The summed E-state index contributed by atoms with van der Waals surface area (Å²) in [6.45, 7) is 4.25. The normalized spacial score (nSPS) is 19.6. The van der Waals surface area contributed by atoms with Gasteiger partial charge in [-0.15, -0.1) is 0 Å². The van der Waals surface area contributed by atoms with Crippen LogP contribution >= 0.6 is 0 Å². The van der Waals surface area contributed by atoms with E-state index in [4.69, 9.17) is 9.84 Å². The summed E-state index contributed by atoms with van der Waals surface area (Å²) in [6, 6.07) is 7.01. The molecule has 0 radical (unpaired) electrons. The predicted octanol–water partition coefficient (Wildman–Crippen LogP) is 0.805. The van der Waals surface area contributed by atoms with E-state index in [-0.39, 0.29) is 6.10 Å². The van der Waals surface area contributed by atoms with Crippen molar-refractivity contribution in [1.29, 1.82) is 0 Å². The fourth-order valence-electron chi connectivity index (χ4n) is 2.21. The van der Waals surface area contributed by atoms with Gasteiger partial charge in [0.2, 0.25) is 0 Å². The SMILES string of the molecule is CN(Cc1ccc(C(=O)O)cc1)CC1CNCCO1. The minimum absolute atomic E-state index is 0.233. The molecule has 2 N–H and O–H groups in total. The lowest BCUT2D eigenvalue weighted by Crippen LogP contribution is -2.44. The van der Waals surface area contributed by atoms with E-state index in [1.54, 1.807) is 12.1 Å². The van der Waals surface area contributed by atoms with Crippen molar-refractivity contribution in [1.82, 2.24) is 10.2 Å². The second-order valence-electron chi connectivity index (χ2n) is 4.90. The van der Waals surface area contributed by atoms with Crippen LogP contribution in [0, 0.1) is 0 Å². The molecular formula is C14H20N2O3. The van der Waals surface area contributed by atoms with Crippen molar-refractivity contribution in [3.05, 3.63) is 35.4 Å². The number of likely N-dealkylation sites (N-methyl/N-ethyl adjacent to an activating group) is 1. The highest BCUT2D eigenvalue weighted by atomic mass is 16.5. The standard InChI is InChI=1S/C14H20N2O3/c1-16(10-13-8-15-6-7-19-13)9-11-2-4-12(5-3-11)14(17)18/h2-5,13,15H,6-10H2,1H3,(H,17,18). The average molecular weight is 264 g/mol.